The highest BCUT2D eigenvalue weighted by Gasteiger charge is 2.76. The van der Waals surface area contributed by atoms with Crippen molar-refractivity contribution in [1.29, 1.82) is 0 Å². The van der Waals surface area contributed by atoms with E-state index in [2.05, 4.69) is 18.5 Å². The number of likely N-dealkylation sites (tertiary alicyclic amines) is 1. The Morgan fingerprint density at radius 3 is 2.25 bits per heavy atom. The predicted molar refractivity (Wildman–Crippen MR) is 208 cm³/mol. The van der Waals surface area contributed by atoms with Gasteiger partial charge in [0.2, 0.25) is 11.8 Å². The fraction of sp³-hybridized carbons (Fsp3) is 0.409. The van der Waals surface area contributed by atoms with E-state index in [1.54, 1.807) is 29.2 Å². The zero-order valence-corrected chi connectivity index (χ0v) is 31.8. The van der Waals surface area contributed by atoms with Gasteiger partial charge in [0, 0.05) is 25.8 Å². The molecule has 3 heterocycles. The van der Waals surface area contributed by atoms with E-state index in [9.17, 15) is 14.7 Å². The lowest BCUT2D eigenvalue weighted by molar-refractivity contribution is -0.163. The van der Waals surface area contributed by atoms with Gasteiger partial charge in [-0.15, -0.1) is 13.2 Å². The number of hydrogen-bond donors (Lipinski definition) is 2. The number of hydrogen-bond acceptors (Lipinski definition) is 8. The first kappa shape index (κ1) is 39.6. The Bertz CT molecular complexity index is 1870. The number of amides is 3. The Hall–Kier alpha value is -5.10. The van der Waals surface area contributed by atoms with Crippen molar-refractivity contribution >= 4 is 29.4 Å². The Kier molecular flexibility index (Phi) is 12.3. The molecule has 2 N–H and O–H groups in total. The fourth-order valence-electron chi connectivity index (χ4n) is 8.93. The summed E-state index contributed by atoms with van der Waals surface area (Å²) in [5, 5.41) is 13.9. The molecule has 0 radical (unpaired) electrons. The Balaban J connectivity index is 1.42. The van der Waals surface area contributed by atoms with Crippen LogP contribution in [0.5, 0.6) is 0 Å². The summed E-state index contributed by atoms with van der Waals surface area (Å²) >= 11 is 0. The first-order valence-electron chi connectivity index (χ1n) is 18.9. The number of allylic oxidation sites excluding steroid dienone is 1. The number of rotatable bonds is 17. The summed E-state index contributed by atoms with van der Waals surface area (Å²) in [6.07, 6.45) is 3.05. The maximum absolute atomic E-state index is 15.3. The number of aliphatic hydroxyl groups is 1. The minimum absolute atomic E-state index is 0.0423. The van der Waals surface area contributed by atoms with Crippen LogP contribution < -0.4 is 10.2 Å². The van der Waals surface area contributed by atoms with Crippen LogP contribution >= 0.6 is 0 Å². The summed E-state index contributed by atoms with van der Waals surface area (Å²) in [6, 6.07) is 21.1. The minimum Gasteiger partial charge on any atom is -0.455 e. The van der Waals surface area contributed by atoms with E-state index in [1.165, 1.54) is 12.0 Å². The molecule has 3 aliphatic heterocycles. The monoisotopic (exact) mass is 749 g/mol. The molecule has 3 aliphatic rings. The van der Waals surface area contributed by atoms with Crippen molar-refractivity contribution in [1.82, 2.24) is 10.2 Å². The number of anilines is 1. The molecule has 55 heavy (non-hydrogen) atoms. The van der Waals surface area contributed by atoms with Crippen molar-refractivity contribution in [2.45, 2.75) is 75.5 Å². The third-order valence-corrected chi connectivity index (χ3v) is 11.2. The number of carbonyl (C=O) groups excluding carboxylic acids is 4. The van der Waals surface area contributed by atoms with E-state index < -0.39 is 66.3 Å². The van der Waals surface area contributed by atoms with E-state index >= 15 is 9.59 Å². The molecule has 0 unspecified atom stereocenters. The molecule has 2 bridgehead atoms. The maximum atomic E-state index is 15.3. The molecule has 290 valence electrons. The Labute approximate surface area is 322 Å². The number of esters is 1. The van der Waals surface area contributed by atoms with Crippen LogP contribution in [-0.2, 0) is 33.4 Å². The number of para-hydroxylation sites is 1. The highest BCUT2D eigenvalue weighted by Crippen LogP contribution is 2.60. The second-order valence-corrected chi connectivity index (χ2v) is 14.6. The van der Waals surface area contributed by atoms with Crippen LogP contribution in [0.2, 0.25) is 0 Å². The second kappa shape index (κ2) is 17.1. The quantitative estimate of drug-likeness (QED) is 0.140. The van der Waals surface area contributed by atoms with Gasteiger partial charge in [0.25, 0.3) is 5.91 Å². The number of ether oxygens (including phenoxy) is 3. The van der Waals surface area contributed by atoms with Crippen LogP contribution in [-0.4, -0.2) is 84.4 Å². The zero-order chi connectivity index (χ0) is 39.3. The van der Waals surface area contributed by atoms with Gasteiger partial charge in [0.15, 0.2) is 0 Å². The van der Waals surface area contributed by atoms with Crippen LogP contribution in [0.25, 0.3) is 0 Å². The fourth-order valence-corrected chi connectivity index (χ4v) is 8.93. The molecular formula is C44H51N3O8. The number of aryl methyl sites for hydroxylation is 2. The van der Waals surface area contributed by atoms with E-state index in [0.29, 0.717) is 36.1 Å². The van der Waals surface area contributed by atoms with Crippen LogP contribution in [0.3, 0.4) is 0 Å². The Morgan fingerprint density at radius 1 is 1.00 bits per heavy atom. The average molecular weight is 750 g/mol. The van der Waals surface area contributed by atoms with E-state index in [1.807, 2.05) is 80.6 Å². The molecule has 0 aromatic heterocycles. The number of nitrogens with zero attached hydrogens (tertiary/aromatic N) is 2. The van der Waals surface area contributed by atoms with Gasteiger partial charge in [-0.1, -0.05) is 91.0 Å². The highest BCUT2D eigenvalue weighted by molar-refractivity contribution is 6.05. The van der Waals surface area contributed by atoms with Crippen molar-refractivity contribution in [3.63, 3.8) is 0 Å². The summed E-state index contributed by atoms with van der Waals surface area (Å²) in [5.74, 6) is -3.92. The van der Waals surface area contributed by atoms with Gasteiger partial charge >= 0.3 is 5.97 Å². The first-order valence-corrected chi connectivity index (χ1v) is 18.9. The van der Waals surface area contributed by atoms with Crippen LogP contribution in [0, 0.1) is 25.7 Å². The number of benzene rings is 3. The van der Waals surface area contributed by atoms with Crippen molar-refractivity contribution in [2.75, 3.05) is 31.8 Å². The van der Waals surface area contributed by atoms with E-state index in [0.717, 1.165) is 11.1 Å². The normalized spacial score (nSPS) is 24.1. The molecule has 6 rings (SSSR count). The van der Waals surface area contributed by atoms with Crippen molar-refractivity contribution in [3.05, 3.63) is 126 Å². The molecule has 11 heteroatoms. The summed E-state index contributed by atoms with van der Waals surface area (Å²) in [4.78, 5) is 61.2. The molecule has 3 aromatic rings. The number of aliphatic hydroxyl groups excluding tert-OH is 1. The van der Waals surface area contributed by atoms with Gasteiger partial charge in [-0.05, 0) is 55.4 Å². The van der Waals surface area contributed by atoms with Crippen molar-refractivity contribution < 1.29 is 38.5 Å². The topological polar surface area (TPSA) is 135 Å². The summed E-state index contributed by atoms with van der Waals surface area (Å²) < 4.78 is 18.7. The summed E-state index contributed by atoms with van der Waals surface area (Å²) in [7, 11) is 1.50. The van der Waals surface area contributed by atoms with Gasteiger partial charge in [-0.2, -0.15) is 0 Å². The minimum atomic E-state index is -1.38. The second-order valence-electron chi connectivity index (χ2n) is 14.6. The van der Waals surface area contributed by atoms with E-state index in [4.69, 9.17) is 14.2 Å². The third kappa shape index (κ3) is 7.48. The van der Waals surface area contributed by atoms with Crippen molar-refractivity contribution in [3.8, 4) is 0 Å². The molecule has 11 nitrogen and oxygen atoms in total. The number of nitrogens with one attached hydrogen (secondary N) is 1. The smallest absolute Gasteiger partial charge is 0.313 e. The average Bonchev–Trinajstić information content (AvgIpc) is 3.84. The molecule has 3 amide bonds. The van der Waals surface area contributed by atoms with Gasteiger partial charge in [0.1, 0.15) is 17.7 Å². The maximum Gasteiger partial charge on any atom is 0.313 e. The molecule has 8 atom stereocenters. The molecule has 1 spiro atoms. The zero-order valence-electron chi connectivity index (χ0n) is 31.8. The summed E-state index contributed by atoms with van der Waals surface area (Å²) in [6.45, 7) is 11.2. The SMILES string of the molecule is C=CCCC(=O)N[C@H](COC)[C@H](OC(=O)[C@@H]1[C@@H]2CC[C@]3(O2)[C@H](C(=O)N(CC=C)c2c(C)cccc2C)N([C@H](CO)c2ccccc2)C(=O)[C@@H]13)c1ccccc1. The summed E-state index contributed by atoms with van der Waals surface area (Å²) in [5.41, 5.74) is 2.33. The standard InChI is InChI=1S/C44H51N3O8/c1-6-8-22-35(49)45-32(27-53-5)39(31-20-13-10-14-21-31)54-43(52)36-34-23-24-44(55-34)37(36)41(50)47(33(26-48)30-18-11-9-12-19-30)40(44)42(51)46(25-7-2)38-28(3)16-15-17-29(38)4/h6-7,9-21,32-34,36-37,39-40,48H,1-2,8,22-27H2,3-5H3,(H,45,49)/t32-,33-,34+,36-,37-,39-,40+,44-/m1/s1. The van der Waals surface area contributed by atoms with Crippen LogP contribution in [0.1, 0.15) is 60.1 Å². The number of fused-ring (bicyclic) bond motifs is 1. The largest absolute Gasteiger partial charge is 0.455 e. The molecule has 3 fully saturated rings. The lowest BCUT2D eigenvalue weighted by atomic mass is 9.70. The van der Waals surface area contributed by atoms with Crippen LogP contribution in [0.4, 0.5) is 5.69 Å². The molecule has 0 saturated carbocycles. The van der Waals surface area contributed by atoms with Gasteiger partial charge in [-0.25, -0.2) is 0 Å². The Morgan fingerprint density at radius 2 is 1.65 bits per heavy atom. The molecule has 0 aliphatic carbocycles. The van der Waals surface area contributed by atoms with Crippen LogP contribution in [0.15, 0.2) is 104 Å². The lowest BCUT2D eigenvalue weighted by Gasteiger charge is -2.40. The van der Waals surface area contributed by atoms with Crippen molar-refractivity contribution in [2.24, 2.45) is 11.8 Å². The first-order chi connectivity index (χ1) is 26.6. The van der Waals surface area contributed by atoms with E-state index in [-0.39, 0.29) is 31.4 Å². The number of carbonyl (C=O) groups is 4. The molecular weight excluding hydrogens is 698 g/mol. The lowest BCUT2D eigenvalue weighted by Crippen LogP contribution is -2.57. The highest BCUT2D eigenvalue weighted by atomic mass is 16.6. The molecule has 3 saturated heterocycles. The third-order valence-electron chi connectivity index (χ3n) is 11.2. The van der Waals surface area contributed by atoms with Gasteiger partial charge in [-0.3, -0.25) is 19.2 Å². The predicted octanol–water partition coefficient (Wildman–Crippen LogP) is 5.31. The van der Waals surface area contributed by atoms with Gasteiger partial charge < -0.3 is 34.4 Å². The van der Waals surface area contributed by atoms with Gasteiger partial charge in [0.05, 0.1) is 43.2 Å². The molecule has 3 aromatic carbocycles. The number of methoxy groups -OCH3 is 1.